The first kappa shape index (κ1) is 16.6. The third-order valence-corrected chi connectivity index (χ3v) is 3.36. The van der Waals surface area contributed by atoms with Gasteiger partial charge in [-0.2, -0.15) is 23.3 Å². The Labute approximate surface area is 140 Å². The molecule has 130 valence electrons. The minimum atomic E-state index is -4.61. The lowest BCUT2D eigenvalue weighted by Gasteiger charge is -2.13. The molecular formula is C14H13F3N8. The van der Waals surface area contributed by atoms with Crippen molar-refractivity contribution in [3.8, 4) is 5.69 Å². The Morgan fingerprint density at radius 3 is 2.36 bits per heavy atom. The molecular weight excluding hydrogens is 337 g/mol. The lowest BCUT2D eigenvalue weighted by molar-refractivity contribution is -0.137. The number of hydrogen-bond donors (Lipinski definition) is 2. The van der Waals surface area contributed by atoms with Crippen LogP contribution in [0.5, 0.6) is 0 Å². The molecule has 3 aromatic rings. The van der Waals surface area contributed by atoms with Gasteiger partial charge in [-0.25, -0.2) is 19.6 Å². The topological polar surface area (TPSA) is 107 Å². The third kappa shape index (κ3) is 3.34. The monoisotopic (exact) mass is 350 g/mol. The molecule has 0 saturated carbocycles. The molecule has 0 bridgehead atoms. The summed E-state index contributed by atoms with van der Waals surface area (Å²) < 4.78 is 40.3. The molecule has 3 heterocycles. The fourth-order valence-electron chi connectivity index (χ4n) is 2.25. The van der Waals surface area contributed by atoms with Crippen LogP contribution in [0.1, 0.15) is 17.0 Å². The van der Waals surface area contributed by atoms with Gasteiger partial charge in [0.15, 0.2) is 0 Å². The summed E-state index contributed by atoms with van der Waals surface area (Å²) in [6.45, 7) is 2.95. The van der Waals surface area contributed by atoms with Gasteiger partial charge in [0.2, 0.25) is 5.95 Å². The summed E-state index contributed by atoms with van der Waals surface area (Å²) in [5.74, 6) is -0.682. The number of nitrogen functional groups attached to an aromatic ring is 1. The zero-order chi connectivity index (χ0) is 18.2. The number of hydrogen-bond acceptors (Lipinski definition) is 7. The van der Waals surface area contributed by atoms with Crippen molar-refractivity contribution in [1.29, 1.82) is 0 Å². The van der Waals surface area contributed by atoms with Crippen molar-refractivity contribution < 1.29 is 13.2 Å². The Kier molecular flexibility index (Phi) is 3.99. The maximum Gasteiger partial charge on any atom is 0.421 e. The molecule has 8 nitrogen and oxygen atoms in total. The third-order valence-electron chi connectivity index (χ3n) is 3.36. The molecule has 0 unspecified atom stereocenters. The first-order valence-corrected chi connectivity index (χ1v) is 7.05. The van der Waals surface area contributed by atoms with E-state index in [1.807, 2.05) is 0 Å². The summed E-state index contributed by atoms with van der Waals surface area (Å²) in [6, 6.07) is 0. The number of alkyl halides is 3. The molecule has 0 amide bonds. The highest BCUT2D eigenvalue weighted by Crippen LogP contribution is 2.35. The second-order valence-electron chi connectivity index (χ2n) is 5.19. The first-order valence-electron chi connectivity index (χ1n) is 7.05. The van der Waals surface area contributed by atoms with Crippen LogP contribution in [0.25, 0.3) is 5.69 Å². The van der Waals surface area contributed by atoms with Gasteiger partial charge in [-0.3, -0.25) is 0 Å². The average Bonchev–Trinajstić information content (AvgIpc) is 2.87. The van der Waals surface area contributed by atoms with Gasteiger partial charge < -0.3 is 11.1 Å². The Morgan fingerprint density at radius 2 is 1.76 bits per heavy atom. The molecule has 0 aromatic carbocycles. The summed E-state index contributed by atoms with van der Waals surface area (Å²) >= 11 is 0. The van der Waals surface area contributed by atoms with Crippen LogP contribution in [-0.2, 0) is 6.18 Å². The number of aromatic nitrogens is 6. The van der Waals surface area contributed by atoms with E-state index in [0.29, 0.717) is 17.1 Å². The summed E-state index contributed by atoms with van der Waals surface area (Å²) in [7, 11) is 0. The van der Waals surface area contributed by atoms with Crippen molar-refractivity contribution in [2.24, 2.45) is 0 Å². The van der Waals surface area contributed by atoms with Crippen molar-refractivity contribution in [1.82, 2.24) is 29.7 Å². The lowest BCUT2D eigenvalue weighted by Crippen LogP contribution is -2.15. The van der Waals surface area contributed by atoms with Gasteiger partial charge in [0.1, 0.15) is 23.4 Å². The van der Waals surface area contributed by atoms with Crippen LogP contribution in [0, 0.1) is 13.8 Å². The Hall–Kier alpha value is -3.24. The number of aryl methyl sites for hydroxylation is 2. The second-order valence-corrected chi connectivity index (χ2v) is 5.19. The van der Waals surface area contributed by atoms with E-state index in [9.17, 15) is 13.2 Å². The predicted molar refractivity (Wildman–Crippen MR) is 83.4 cm³/mol. The zero-order valence-corrected chi connectivity index (χ0v) is 13.2. The highest BCUT2D eigenvalue weighted by molar-refractivity contribution is 5.58. The minimum Gasteiger partial charge on any atom is -0.383 e. The Morgan fingerprint density at radius 1 is 1.08 bits per heavy atom. The smallest absolute Gasteiger partial charge is 0.383 e. The number of halogens is 3. The van der Waals surface area contributed by atoms with E-state index in [2.05, 4.69) is 30.4 Å². The van der Waals surface area contributed by atoms with E-state index in [1.54, 1.807) is 25.5 Å². The normalized spacial score (nSPS) is 11.6. The van der Waals surface area contributed by atoms with Crippen LogP contribution in [0.2, 0.25) is 0 Å². The summed E-state index contributed by atoms with van der Waals surface area (Å²) in [5.41, 5.74) is 5.88. The molecule has 0 spiro atoms. The van der Waals surface area contributed by atoms with E-state index in [4.69, 9.17) is 5.73 Å². The lowest BCUT2D eigenvalue weighted by atomic mass is 10.2. The Bertz CT molecular complexity index is 881. The molecule has 11 heteroatoms. The van der Waals surface area contributed by atoms with E-state index in [-0.39, 0.29) is 11.6 Å². The van der Waals surface area contributed by atoms with Crippen LogP contribution in [-0.4, -0.2) is 29.7 Å². The molecule has 0 aliphatic rings. The molecule has 3 aromatic heterocycles. The van der Waals surface area contributed by atoms with E-state index in [1.165, 1.54) is 17.9 Å². The van der Waals surface area contributed by atoms with Gasteiger partial charge in [-0.05, 0) is 13.8 Å². The first-order chi connectivity index (χ1) is 11.8. The minimum absolute atomic E-state index is 0.0463. The number of nitrogens with zero attached hydrogens (tertiary/aromatic N) is 6. The van der Waals surface area contributed by atoms with Crippen LogP contribution in [0.4, 0.5) is 30.6 Å². The number of rotatable bonds is 3. The molecule has 0 atom stereocenters. The highest BCUT2D eigenvalue weighted by atomic mass is 19.4. The standard InChI is InChI=1S/C14H13F3N8/c1-7-10(5-25(24-7)9-3-19-6-20-4-9)22-13-21-8(2)11(12(18)23-13)14(15,16)17/h3-6H,1-2H3,(H3,18,21,22,23). The van der Waals surface area contributed by atoms with Gasteiger partial charge in [0.05, 0.1) is 35.7 Å². The van der Waals surface area contributed by atoms with Gasteiger partial charge in [0.25, 0.3) is 0 Å². The number of nitrogens with two attached hydrogens (primary N) is 1. The van der Waals surface area contributed by atoms with E-state index in [0.717, 1.165) is 0 Å². The SMILES string of the molecule is Cc1nn(-c2cncnc2)cc1Nc1nc(C)c(C(F)(F)F)c(N)n1. The van der Waals surface area contributed by atoms with Gasteiger partial charge in [-0.1, -0.05) is 0 Å². The zero-order valence-electron chi connectivity index (χ0n) is 13.2. The van der Waals surface area contributed by atoms with Crippen LogP contribution in [0.15, 0.2) is 24.9 Å². The maximum absolute atomic E-state index is 12.9. The quantitative estimate of drug-likeness (QED) is 0.747. The highest BCUT2D eigenvalue weighted by Gasteiger charge is 2.36. The van der Waals surface area contributed by atoms with Crippen LogP contribution in [0.3, 0.4) is 0 Å². The predicted octanol–water partition coefficient (Wildman–Crippen LogP) is 2.41. The molecule has 0 saturated heterocycles. The average molecular weight is 350 g/mol. The summed E-state index contributed by atoms with van der Waals surface area (Å²) in [6.07, 6.45) is 1.54. The summed E-state index contributed by atoms with van der Waals surface area (Å²) in [5, 5.41) is 7.12. The molecule has 0 aliphatic heterocycles. The van der Waals surface area contributed by atoms with Gasteiger partial charge in [0, 0.05) is 0 Å². The fourth-order valence-corrected chi connectivity index (χ4v) is 2.25. The largest absolute Gasteiger partial charge is 0.421 e. The molecule has 0 radical (unpaired) electrons. The number of anilines is 3. The molecule has 0 aliphatic carbocycles. The molecule has 3 rings (SSSR count). The van der Waals surface area contributed by atoms with Crippen LogP contribution >= 0.6 is 0 Å². The maximum atomic E-state index is 12.9. The van der Waals surface area contributed by atoms with Crippen molar-refractivity contribution in [2.45, 2.75) is 20.0 Å². The molecule has 25 heavy (non-hydrogen) atoms. The second kappa shape index (κ2) is 6.00. The van der Waals surface area contributed by atoms with Crippen molar-refractivity contribution in [3.63, 3.8) is 0 Å². The summed E-state index contributed by atoms with van der Waals surface area (Å²) in [4.78, 5) is 15.3. The molecule has 3 N–H and O–H groups in total. The molecule has 0 fully saturated rings. The fraction of sp³-hybridized carbons (Fsp3) is 0.214. The van der Waals surface area contributed by atoms with Crippen molar-refractivity contribution >= 4 is 17.5 Å². The van der Waals surface area contributed by atoms with Crippen molar-refractivity contribution in [2.75, 3.05) is 11.1 Å². The Balaban J connectivity index is 1.92. The van der Waals surface area contributed by atoms with Gasteiger partial charge >= 0.3 is 6.18 Å². The van der Waals surface area contributed by atoms with Gasteiger partial charge in [-0.15, -0.1) is 0 Å². The van der Waals surface area contributed by atoms with E-state index < -0.39 is 17.6 Å². The van der Waals surface area contributed by atoms with Crippen molar-refractivity contribution in [3.05, 3.63) is 41.9 Å². The van der Waals surface area contributed by atoms with Crippen LogP contribution < -0.4 is 11.1 Å². The van der Waals surface area contributed by atoms with E-state index >= 15 is 0 Å². The number of nitrogens with one attached hydrogen (secondary N) is 1.